The summed E-state index contributed by atoms with van der Waals surface area (Å²) in [6.07, 6.45) is 4.55. The summed E-state index contributed by atoms with van der Waals surface area (Å²) in [6, 6.07) is 1.35. The Morgan fingerprint density at radius 1 is 1.69 bits per heavy atom. The van der Waals surface area contributed by atoms with Crippen LogP contribution in [0.2, 0.25) is 0 Å². The fraction of sp³-hybridized carbons (Fsp3) is 0.500. The van der Waals surface area contributed by atoms with Gasteiger partial charge in [-0.2, -0.15) is 0 Å². The van der Waals surface area contributed by atoms with Crippen LogP contribution in [0.15, 0.2) is 18.5 Å². The first kappa shape index (κ1) is 12.2. The zero-order valence-electron chi connectivity index (χ0n) is 9.51. The minimum Gasteiger partial charge on any atom is -0.594 e. The van der Waals surface area contributed by atoms with Gasteiger partial charge in [-0.05, 0) is 12.5 Å². The zero-order chi connectivity index (χ0) is 12.0. The average Bonchev–Trinajstić information content (AvgIpc) is 2.25. The highest BCUT2D eigenvalue weighted by molar-refractivity contribution is 5.88. The molecule has 0 radical (unpaired) electrons. The van der Waals surface area contributed by atoms with Crippen molar-refractivity contribution in [2.45, 2.75) is 19.8 Å². The normalized spacial score (nSPS) is 9.88. The van der Waals surface area contributed by atoms with Crippen LogP contribution in [0.1, 0.15) is 19.8 Å². The molecule has 1 aromatic rings. The highest BCUT2D eigenvalue weighted by Gasteiger charge is 2.09. The molecule has 0 aliphatic rings. The molecule has 0 aliphatic heterocycles. The highest BCUT2D eigenvalue weighted by atomic mass is 16.5. The second kappa shape index (κ2) is 5.89. The Morgan fingerprint density at radius 2 is 2.44 bits per heavy atom. The molecular weight excluding hydrogens is 208 g/mol. The summed E-state index contributed by atoms with van der Waals surface area (Å²) in [5.74, 6) is 0. The molecule has 1 aromatic heterocycles. The molecule has 1 heterocycles. The maximum absolute atomic E-state index is 11.6. The summed E-state index contributed by atoms with van der Waals surface area (Å²) in [5.41, 5.74) is 0.443. The van der Waals surface area contributed by atoms with E-state index < -0.39 is 0 Å². The molecular formula is C10H16N4O2. The molecule has 0 bridgehead atoms. The maximum Gasteiger partial charge on any atom is 0.321 e. The van der Waals surface area contributed by atoms with Crippen LogP contribution < -0.4 is 10.2 Å². The summed E-state index contributed by atoms with van der Waals surface area (Å²) in [6.45, 7) is 2.76. The number of amides is 2. The number of rotatable bonds is 4. The lowest BCUT2D eigenvalue weighted by atomic mass is 10.3. The second-order valence-electron chi connectivity index (χ2n) is 3.52. The van der Waals surface area contributed by atoms with Crippen molar-refractivity contribution in [1.82, 2.24) is 10.00 Å². The van der Waals surface area contributed by atoms with Crippen molar-refractivity contribution in [2.24, 2.45) is 0 Å². The largest absolute Gasteiger partial charge is 0.594 e. The molecule has 16 heavy (non-hydrogen) atoms. The second-order valence-corrected chi connectivity index (χ2v) is 3.52. The summed E-state index contributed by atoms with van der Waals surface area (Å²) in [7, 11) is 1.72. The first-order chi connectivity index (χ1) is 7.63. The van der Waals surface area contributed by atoms with Gasteiger partial charge in [0.05, 0.1) is 6.20 Å². The monoisotopic (exact) mass is 224 g/mol. The van der Waals surface area contributed by atoms with E-state index in [0.717, 1.165) is 12.8 Å². The summed E-state index contributed by atoms with van der Waals surface area (Å²) >= 11 is 0. The molecule has 0 aromatic carbocycles. The maximum atomic E-state index is 11.6. The first-order valence-corrected chi connectivity index (χ1v) is 5.21. The van der Waals surface area contributed by atoms with Gasteiger partial charge in [0, 0.05) is 18.7 Å². The SMILES string of the molecule is CCCCN(C)C(=O)Nc1ccn[n+]([O-])c1. The van der Waals surface area contributed by atoms with E-state index in [9.17, 15) is 10.0 Å². The van der Waals surface area contributed by atoms with Crippen molar-refractivity contribution < 1.29 is 9.64 Å². The number of aromatic nitrogens is 2. The molecule has 6 heteroatoms. The van der Waals surface area contributed by atoms with Gasteiger partial charge in [-0.3, -0.25) is 0 Å². The molecule has 0 fully saturated rings. The third-order valence-corrected chi connectivity index (χ3v) is 2.13. The van der Waals surface area contributed by atoms with Crippen LogP contribution in [-0.2, 0) is 0 Å². The van der Waals surface area contributed by atoms with E-state index in [0.29, 0.717) is 17.1 Å². The predicted molar refractivity (Wildman–Crippen MR) is 59.8 cm³/mol. The fourth-order valence-corrected chi connectivity index (χ4v) is 1.16. The quantitative estimate of drug-likeness (QED) is 0.612. The van der Waals surface area contributed by atoms with Gasteiger partial charge in [-0.1, -0.05) is 18.2 Å². The van der Waals surface area contributed by atoms with E-state index in [1.165, 1.54) is 12.4 Å². The zero-order valence-corrected chi connectivity index (χ0v) is 9.51. The molecule has 0 saturated carbocycles. The molecule has 6 nitrogen and oxygen atoms in total. The third-order valence-electron chi connectivity index (χ3n) is 2.13. The lowest BCUT2D eigenvalue weighted by Gasteiger charge is -2.16. The minimum absolute atomic E-state index is 0.223. The number of nitrogens with one attached hydrogen (secondary N) is 1. The number of nitrogens with zero attached hydrogens (tertiary/aromatic N) is 3. The van der Waals surface area contributed by atoms with Gasteiger partial charge in [0.2, 0.25) is 6.20 Å². The average molecular weight is 224 g/mol. The minimum atomic E-state index is -0.223. The Balaban J connectivity index is 2.50. The van der Waals surface area contributed by atoms with Crippen molar-refractivity contribution in [2.75, 3.05) is 18.9 Å². The summed E-state index contributed by atoms with van der Waals surface area (Å²) in [4.78, 5) is 13.6. The fourth-order valence-electron chi connectivity index (χ4n) is 1.16. The highest BCUT2D eigenvalue weighted by Crippen LogP contribution is 2.02. The van der Waals surface area contributed by atoms with Crippen LogP contribution in [0.4, 0.5) is 10.5 Å². The van der Waals surface area contributed by atoms with Gasteiger partial charge >= 0.3 is 6.03 Å². The van der Waals surface area contributed by atoms with E-state index in [1.807, 2.05) is 0 Å². The number of hydrogen-bond acceptors (Lipinski definition) is 3. The Labute approximate surface area is 94.5 Å². The standard InChI is InChI=1S/C10H16N4O2/c1-3-4-7-13(2)10(15)12-9-5-6-11-14(16)8-9/h5-6,8H,3-4,7H2,1-2H3,(H,12,15). The molecule has 1 rings (SSSR count). The molecule has 0 saturated heterocycles. The lowest BCUT2D eigenvalue weighted by molar-refractivity contribution is -0.668. The van der Waals surface area contributed by atoms with E-state index in [2.05, 4.69) is 17.3 Å². The Kier molecular flexibility index (Phi) is 4.50. The molecule has 0 unspecified atom stereocenters. The molecule has 0 aliphatic carbocycles. The summed E-state index contributed by atoms with van der Waals surface area (Å²) < 4.78 is 0. The number of urea groups is 1. The summed E-state index contributed by atoms with van der Waals surface area (Å²) in [5, 5.41) is 16.9. The number of carbonyl (C=O) groups is 1. The molecule has 88 valence electrons. The number of anilines is 1. The van der Waals surface area contributed by atoms with E-state index >= 15 is 0 Å². The van der Waals surface area contributed by atoms with Crippen molar-refractivity contribution >= 4 is 11.7 Å². The van der Waals surface area contributed by atoms with Crippen molar-refractivity contribution in [3.05, 3.63) is 23.7 Å². The number of carbonyl (C=O) groups excluding carboxylic acids is 1. The number of unbranched alkanes of at least 4 members (excludes halogenated alkanes) is 1. The first-order valence-electron chi connectivity index (χ1n) is 5.21. The van der Waals surface area contributed by atoms with E-state index in [-0.39, 0.29) is 6.03 Å². The van der Waals surface area contributed by atoms with Gasteiger partial charge in [-0.25, -0.2) is 4.79 Å². The van der Waals surface area contributed by atoms with Crippen molar-refractivity contribution in [1.29, 1.82) is 0 Å². The van der Waals surface area contributed by atoms with Gasteiger partial charge in [0.1, 0.15) is 5.69 Å². The van der Waals surface area contributed by atoms with E-state index in [1.54, 1.807) is 18.0 Å². The van der Waals surface area contributed by atoms with Gasteiger partial charge < -0.3 is 15.4 Å². The Bertz CT molecular complexity index is 356. The molecule has 0 atom stereocenters. The van der Waals surface area contributed by atoms with Crippen LogP contribution in [0.25, 0.3) is 0 Å². The predicted octanol–water partition coefficient (Wildman–Crippen LogP) is 0.979. The van der Waals surface area contributed by atoms with Gasteiger partial charge in [-0.15, -0.1) is 0 Å². The van der Waals surface area contributed by atoms with Crippen molar-refractivity contribution in [3.8, 4) is 0 Å². The smallest absolute Gasteiger partial charge is 0.321 e. The van der Waals surface area contributed by atoms with Crippen LogP contribution in [0, 0.1) is 5.21 Å². The van der Waals surface area contributed by atoms with Crippen LogP contribution >= 0.6 is 0 Å². The third kappa shape index (κ3) is 3.72. The van der Waals surface area contributed by atoms with Crippen LogP contribution in [-0.4, -0.2) is 29.6 Å². The van der Waals surface area contributed by atoms with Gasteiger partial charge in [0.25, 0.3) is 0 Å². The van der Waals surface area contributed by atoms with E-state index in [4.69, 9.17) is 0 Å². The molecule has 1 N–H and O–H groups in total. The number of hydrogen-bond donors (Lipinski definition) is 1. The van der Waals surface area contributed by atoms with Crippen LogP contribution in [0.5, 0.6) is 0 Å². The van der Waals surface area contributed by atoms with Gasteiger partial charge in [0.15, 0.2) is 0 Å². The topological polar surface area (TPSA) is 72.2 Å². The Hall–Kier alpha value is -1.85. The van der Waals surface area contributed by atoms with Crippen molar-refractivity contribution in [3.63, 3.8) is 0 Å². The Morgan fingerprint density at radius 3 is 3.06 bits per heavy atom. The van der Waals surface area contributed by atoms with Crippen LogP contribution in [0.3, 0.4) is 0 Å². The lowest BCUT2D eigenvalue weighted by Crippen LogP contribution is -2.34. The molecule has 0 spiro atoms. The molecule has 2 amide bonds.